The molecule has 0 unspecified atom stereocenters. The second kappa shape index (κ2) is 8.25. The zero-order valence-corrected chi connectivity index (χ0v) is 13.2. The maximum atomic E-state index is 12.2. The van der Waals surface area contributed by atoms with Crippen molar-refractivity contribution in [1.82, 2.24) is 0 Å². The summed E-state index contributed by atoms with van der Waals surface area (Å²) in [5.74, 6) is -0.371. The van der Waals surface area contributed by atoms with Crippen LogP contribution in [0, 0.1) is 0 Å². The molecule has 4 heteroatoms. The first-order valence-corrected chi connectivity index (χ1v) is 7.68. The van der Waals surface area contributed by atoms with Gasteiger partial charge in [-0.2, -0.15) is 0 Å². The van der Waals surface area contributed by atoms with Gasteiger partial charge in [0.2, 0.25) is 0 Å². The third kappa shape index (κ3) is 5.04. The number of Topliss-reactive ketones (excluding diaryl/α,β-unsaturated/α-hetero) is 1. The molecule has 0 saturated carbocycles. The van der Waals surface area contributed by atoms with E-state index in [1.165, 1.54) is 0 Å². The Labute approximate surface area is 136 Å². The van der Waals surface area contributed by atoms with Crippen LogP contribution in [0.2, 0.25) is 0 Å². The van der Waals surface area contributed by atoms with E-state index in [1.807, 2.05) is 30.3 Å². The highest BCUT2D eigenvalue weighted by atomic mass is 16.5. The van der Waals surface area contributed by atoms with E-state index in [4.69, 9.17) is 10.5 Å². The van der Waals surface area contributed by atoms with Gasteiger partial charge in [0.15, 0.2) is 5.78 Å². The van der Waals surface area contributed by atoms with E-state index in [0.29, 0.717) is 18.6 Å². The molecule has 23 heavy (non-hydrogen) atoms. The van der Waals surface area contributed by atoms with Gasteiger partial charge in [-0.25, -0.2) is 4.79 Å². The Hall–Kier alpha value is -2.46. The number of nitrogens with two attached hydrogens (primary N) is 1. The van der Waals surface area contributed by atoms with Gasteiger partial charge in [0.1, 0.15) is 0 Å². The molecule has 1 atom stereocenters. The Morgan fingerprint density at radius 1 is 1.00 bits per heavy atom. The predicted molar refractivity (Wildman–Crippen MR) is 89.2 cm³/mol. The van der Waals surface area contributed by atoms with E-state index >= 15 is 0 Å². The van der Waals surface area contributed by atoms with Crippen LogP contribution in [0.5, 0.6) is 0 Å². The second-order valence-corrected chi connectivity index (χ2v) is 5.36. The topological polar surface area (TPSA) is 69.4 Å². The van der Waals surface area contributed by atoms with Crippen molar-refractivity contribution in [2.24, 2.45) is 5.73 Å². The molecule has 0 spiro atoms. The molecular formula is C19H21NO3. The van der Waals surface area contributed by atoms with Crippen molar-refractivity contribution in [2.75, 3.05) is 6.61 Å². The highest BCUT2D eigenvalue weighted by molar-refractivity contribution is 5.90. The van der Waals surface area contributed by atoms with Crippen LogP contribution in [0.3, 0.4) is 0 Å². The van der Waals surface area contributed by atoms with Gasteiger partial charge < -0.3 is 10.5 Å². The minimum atomic E-state index is -0.526. The van der Waals surface area contributed by atoms with Crippen LogP contribution in [0.15, 0.2) is 54.6 Å². The zero-order chi connectivity index (χ0) is 16.7. The maximum absolute atomic E-state index is 12.2. The summed E-state index contributed by atoms with van der Waals surface area (Å²) >= 11 is 0. The van der Waals surface area contributed by atoms with E-state index in [-0.39, 0.29) is 18.2 Å². The summed E-state index contributed by atoms with van der Waals surface area (Å²) in [5, 5.41) is 0. The molecule has 4 nitrogen and oxygen atoms in total. The van der Waals surface area contributed by atoms with Crippen LogP contribution in [-0.2, 0) is 22.4 Å². The molecular weight excluding hydrogens is 290 g/mol. The number of hydrogen-bond acceptors (Lipinski definition) is 4. The highest BCUT2D eigenvalue weighted by Crippen LogP contribution is 2.09. The van der Waals surface area contributed by atoms with Gasteiger partial charge in [-0.3, -0.25) is 4.79 Å². The van der Waals surface area contributed by atoms with Crippen LogP contribution in [0.4, 0.5) is 0 Å². The third-order valence-electron chi connectivity index (χ3n) is 3.56. The monoisotopic (exact) mass is 311 g/mol. The third-order valence-corrected chi connectivity index (χ3v) is 3.56. The van der Waals surface area contributed by atoms with Crippen LogP contribution < -0.4 is 5.73 Å². The molecule has 120 valence electrons. The minimum absolute atomic E-state index is 0.0160. The SMILES string of the molecule is CCOC(=O)c1ccc(CC(=O)[C@@H](N)Cc2ccccc2)cc1. The number of ether oxygens (including phenoxy) is 1. The molecule has 0 aliphatic carbocycles. The van der Waals surface area contributed by atoms with E-state index < -0.39 is 6.04 Å². The smallest absolute Gasteiger partial charge is 0.338 e. The molecule has 0 radical (unpaired) electrons. The standard InChI is InChI=1S/C19H21NO3/c1-2-23-19(22)16-10-8-15(9-11-16)13-18(21)17(20)12-14-6-4-3-5-7-14/h3-11,17H,2,12-13,20H2,1H3/t17-/m0/s1. The fraction of sp³-hybridized carbons (Fsp3) is 0.263. The average Bonchev–Trinajstić information content (AvgIpc) is 2.56. The molecule has 0 aliphatic rings. The average molecular weight is 311 g/mol. The summed E-state index contributed by atoms with van der Waals surface area (Å²) in [4.78, 5) is 23.8. The zero-order valence-electron chi connectivity index (χ0n) is 13.2. The fourth-order valence-corrected chi connectivity index (χ4v) is 2.29. The first kappa shape index (κ1) is 16.9. The van der Waals surface area contributed by atoms with Gasteiger partial charge in [-0.05, 0) is 36.6 Å². The number of benzene rings is 2. The lowest BCUT2D eigenvalue weighted by Crippen LogP contribution is -2.33. The molecule has 0 fully saturated rings. The first-order chi connectivity index (χ1) is 11.1. The van der Waals surface area contributed by atoms with E-state index in [1.54, 1.807) is 31.2 Å². The van der Waals surface area contributed by atoms with Crippen molar-refractivity contribution in [3.8, 4) is 0 Å². The summed E-state index contributed by atoms with van der Waals surface area (Å²) in [7, 11) is 0. The molecule has 2 aromatic rings. The Balaban J connectivity index is 1.93. The summed E-state index contributed by atoms with van der Waals surface area (Å²) in [6.45, 7) is 2.10. The fourth-order valence-electron chi connectivity index (χ4n) is 2.29. The molecule has 2 rings (SSSR count). The van der Waals surface area contributed by atoms with Crippen LogP contribution >= 0.6 is 0 Å². The van der Waals surface area contributed by atoms with E-state index in [0.717, 1.165) is 11.1 Å². The van der Waals surface area contributed by atoms with Crippen molar-refractivity contribution in [2.45, 2.75) is 25.8 Å². The Kier molecular flexibility index (Phi) is 6.06. The maximum Gasteiger partial charge on any atom is 0.338 e. The van der Waals surface area contributed by atoms with Crippen LogP contribution in [0.1, 0.15) is 28.4 Å². The second-order valence-electron chi connectivity index (χ2n) is 5.36. The van der Waals surface area contributed by atoms with Gasteiger partial charge in [0, 0.05) is 6.42 Å². The van der Waals surface area contributed by atoms with Crippen molar-refractivity contribution in [3.05, 3.63) is 71.3 Å². The number of hydrogen-bond donors (Lipinski definition) is 1. The largest absolute Gasteiger partial charge is 0.462 e. The molecule has 0 amide bonds. The summed E-state index contributed by atoms with van der Waals surface area (Å²) in [5.41, 5.74) is 8.36. The van der Waals surface area contributed by atoms with Crippen LogP contribution in [0.25, 0.3) is 0 Å². The lowest BCUT2D eigenvalue weighted by Gasteiger charge is -2.11. The van der Waals surface area contributed by atoms with Gasteiger partial charge in [-0.1, -0.05) is 42.5 Å². The number of ketones is 1. The van der Waals surface area contributed by atoms with E-state index in [2.05, 4.69) is 0 Å². The van der Waals surface area contributed by atoms with Crippen molar-refractivity contribution in [3.63, 3.8) is 0 Å². The number of carbonyl (C=O) groups excluding carboxylic acids is 2. The molecule has 0 bridgehead atoms. The quantitative estimate of drug-likeness (QED) is 0.798. The van der Waals surface area contributed by atoms with Crippen molar-refractivity contribution < 1.29 is 14.3 Å². The highest BCUT2D eigenvalue weighted by Gasteiger charge is 2.15. The lowest BCUT2D eigenvalue weighted by molar-refractivity contribution is -0.119. The molecule has 2 N–H and O–H groups in total. The summed E-state index contributed by atoms with van der Waals surface area (Å²) in [6.07, 6.45) is 0.789. The normalized spacial score (nSPS) is 11.7. The summed E-state index contributed by atoms with van der Waals surface area (Å²) in [6, 6.07) is 16.1. The lowest BCUT2D eigenvalue weighted by atomic mass is 9.98. The minimum Gasteiger partial charge on any atom is -0.462 e. The van der Waals surface area contributed by atoms with Gasteiger partial charge in [0.25, 0.3) is 0 Å². The molecule has 0 heterocycles. The Morgan fingerprint density at radius 2 is 1.65 bits per heavy atom. The molecule has 0 aliphatic heterocycles. The van der Waals surface area contributed by atoms with Gasteiger partial charge in [-0.15, -0.1) is 0 Å². The van der Waals surface area contributed by atoms with E-state index in [9.17, 15) is 9.59 Å². The Bertz CT molecular complexity index is 650. The number of esters is 1. The summed E-state index contributed by atoms with van der Waals surface area (Å²) < 4.78 is 4.93. The molecule has 0 saturated heterocycles. The van der Waals surface area contributed by atoms with Gasteiger partial charge >= 0.3 is 5.97 Å². The molecule has 0 aromatic heterocycles. The number of rotatable bonds is 7. The van der Waals surface area contributed by atoms with Gasteiger partial charge in [0.05, 0.1) is 18.2 Å². The van der Waals surface area contributed by atoms with Crippen molar-refractivity contribution in [1.29, 1.82) is 0 Å². The Morgan fingerprint density at radius 3 is 2.26 bits per heavy atom. The van der Waals surface area contributed by atoms with Crippen molar-refractivity contribution >= 4 is 11.8 Å². The first-order valence-electron chi connectivity index (χ1n) is 7.68. The predicted octanol–water partition coefficient (Wildman–Crippen LogP) is 2.54. The number of carbonyl (C=O) groups is 2. The molecule has 2 aromatic carbocycles. The van der Waals surface area contributed by atoms with Crippen LogP contribution in [-0.4, -0.2) is 24.4 Å².